The molecule has 0 unspecified atom stereocenters. The molecule has 0 aromatic heterocycles. The van der Waals surface area contributed by atoms with Crippen LogP contribution < -0.4 is 0 Å². The van der Waals surface area contributed by atoms with Crippen LogP contribution in [0.1, 0.15) is 18.1 Å². The molecule has 2 heteroatoms. The molecule has 1 aromatic rings. The minimum absolute atomic E-state index is 0.134. The Labute approximate surface area is 83.8 Å². The molecule has 0 spiro atoms. The van der Waals surface area contributed by atoms with Crippen molar-refractivity contribution in [1.29, 1.82) is 0 Å². The summed E-state index contributed by atoms with van der Waals surface area (Å²) < 4.78 is 0. The summed E-state index contributed by atoms with van der Waals surface area (Å²) in [5, 5.41) is 18.5. The molecular weight excluding hydrogens is 176 g/mol. The highest BCUT2D eigenvalue weighted by molar-refractivity contribution is 5.58. The van der Waals surface area contributed by atoms with E-state index in [0.29, 0.717) is 5.56 Å². The van der Waals surface area contributed by atoms with Gasteiger partial charge in [-0.15, -0.1) is 0 Å². The Morgan fingerprint density at radius 3 is 2.71 bits per heavy atom. The zero-order valence-corrected chi connectivity index (χ0v) is 8.14. The maximum atomic E-state index is 9.44. The number of benzene rings is 1. The first-order valence-electron chi connectivity index (χ1n) is 4.50. The van der Waals surface area contributed by atoms with Gasteiger partial charge < -0.3 is 10.2 Å². The van der Waals surface area contributed by atoms with E-state index in [9.17, 15) is 5.11 Å². The van der Waals surface area contributed by atoms with Gasteiger partial charge in [0.2, 0.25) is 0 Å². The summed E-state index contributed by atoms with van der Waals surface area (Å²) in [6.07, 6.45) is 7.53. The van der Waals surface area contributed by atoms with E-state index in [2.05, 4.69) is 0 Å². The Hall–Kier alpha value is -1.54. The molecule has 0 heterocycles. The first-order chi connectivity index (χ1) is 6.79. The number of hydrogen-bond acceptors (Lipinski definition) is 2. The van der Waals surface area contributed by atoms with Crippen molar-refractivity contribution < 1.29 is 10.2 Å². The average molecular weight is 190 g/mol. The number of aliphatic hydroxyl groups excluding tert-OH is 1. The fraction of sp³-hybridized carbons (Fsp3) is 0.167. The van der Waals surface area contributed by atoms with Crippen LogP contribution in [0.5, 0.6) is 5.75 Å². The average Bonchev–Trinajstić information content (AvgIpc) is 2.18. The summed E-state index contributed by atoms with van der Waals surface area (Å²) in [5.74, 6) is 0.134. The molecule has 14 heavy (non-hydrogen) atoms. The number of allylic oxidation sites excluding steroid dienone is 3. The highest BCUT2D eigenvalue weighted by Gasteiger charge is 2.02. The summed E-state index contributed by atoms with van der Waals surface area (Å²) in [4.78, 5) is 0. The number of hydrogen-bond donors (Lipinski definition) is 2. The second-order valence-electron chi connectivity index (χ2n) is 2.89. The predicted octanol–water partition coefficient (Wildman–Crippen LogP) is 2.47. The lowest BCUT2D eigenvalue weighted by atomic mass is 10.1. The van der Waals surface area contributed by atoms with E-state index in [1.54, 1.807) is 12.1 Å². The van der Waals surface area contributed by atoms with Gasteiger partial charge in [-0.3, -0.25) is 0 Å². The summed E-state index contributed by atoms with van der Waals surface area (Å²) in [6, 6.07) is 5.17. The van der Waals surface area contributed by atoms with Crippen molar-refractivity contribution >= 4 is 6.08 Å². The van der Waals surface area contributed by atoms with Crippen LogP contribution in [0.15, 0.2) is 36.4 Å². The quantitative estimate of drug-likeness (QED) is 0.719. The molecule has 0 saturated carbocycles. The van der Waals surface area contributed by atoms with Crippen molar-refractivity contribution in [3.05, 3.63) is 47.6 Å². The lowest BCUT2D eigenvalue weighted by Gasteiger charge is -2.04. The van der Waals surface area contributed by atoms with Crippen LogP contribution in [0.2, 0.25) is 0 Å². The lowest BCUT2D eigenvalue weighted by Crippen LogP contribution is -1.88. The van der Waals surface area contributed by atoms with Crippen molar-refractivity contribution in [3.8, 4) is 5.75 Å². The van der Waals surface area contributed by atoms with Crippen LogP contribution in [0, 0.1) is 0 Å². The largest absolute Gasteiger partial charge is 0.508 e. The summed E-state index contributed by atoms with van der Waals surface area (Å²) in [5.41, 5.74) is 1.40. The zero-order chi connectivity index (χ0) is 10.4. The standard InChI is InChI=1S/C12H14O2/c1-2-3-4-6-10-7-5-8-12(14)11(10)9-13/h2-8,13-14H,9H2,1H3. The molecule has 0 atom stereocenters. The van der Waals surface area contributed by atoms with Crippen molar-refractivity contribution in [2.24, 2.45) is 0 Å². The SMILES string of the molecule is CC=CC=Cc1cccc(O)c1CO. The first-order valence-corrected chi connectivity index (χ1v) is 4.50. The maximum Gasteiger partial charge on any atom is 0.121 e. The smallest absolute Gasteiger partial charge is 0.121 e. The van der Waals surface area contributed by atoms with Crippen molar-refractivity contribution in [2.75, 3.05) is 0 Å². The van der Waals surface area contributed by atoms with Gasteiger partial charge >= 0.3 is 0 Å². The molecule has 0 aliphatic rings. The molecule has 0 saturated heterocycles. The zero-order valence-electron chi connectivity index (χ0n) is 8.14. The van der Waals surface area contributed by atoms with Gasteiger partial charge in [-0.2, -0.15) is 0 Å². The minimum Gasteiger partial charge on any atom is -0.508 e. The Morgan fingerprint density at radius 2 is 2.07 bits per heavy atom. The van der Waals surface area contributed by atoms with Gasteiger partial charge in [0, 0.05) is 5.56 Å². The van der Waals surface area contributed by atoms with Gasteiger partial charge in [0.25, 0.3) is 0 Å². The molecule has 0 amide bonds. The Bertz CT molecular complexity index is 351. The molecular formula is C12H14O2. The molecule has 1 aromatic carbocycles. The van der Waals surface area contributed by atoms with E-state index < -0.39 is 0 Å². The number of phenols is 1. The first kappa shape index (κ1) is 10.5. The van der Waals surface area contributed by atoms with Crippen LogP contribution in [0.4, 0.5) is 0 Å². The molecule has 2 N–H and O–H groups in total. The fourth-order valence-electron chi connectivity index (χ4n) is 1.19. The summed E-state index contributed by atoms with van der Waals surface area (Å²) in [7, 11) is 0. The maximum absolute atomic E-state index is 9.44. The lowest BCUT2D eigenvalue weighted by molar-refractivity contribution is 0.275. The Morgan fingerprint density at radius 1 is 1.29 bits per heavy atom. The molecule has 0 fully saturated rings. The third-order valence-electron chi connectivity index (χ3n) is 1.92. The van der Waals surface area contributed by atoms with Crippen LogP contribution in [-0.2, 0) is 6.61 Å². The van der Waals surface area contributed by atoms with Gasteiger partial charge in [0.05, 0.1) is 6.61 Å². The number of aliphatic hydroxyl groups is 1. The molecule has 74 valence electrons. The Kier molecular flexibility index (Phi) is 3.95. The highest BCUT2D eigenvalue weighted by atomic mass is 16.3. The van der Waals surface area contributed by atoms with Crippen molar-refractivity contribution in [3.63, 3.8) is 0 Å². The van der Waals surface area contributed by atoms with E-state index in [4.69, 9.17) is 5.11 Å². The van der Waals surface area contributed by atoms with Gasteiger partial charge in [0.15, 0.2) is 0 Å². The molecule has 0 radical (unpaired) electrons. The van der Waals surface area contributed by atoms with E-state index >= 15 is 0 Å². The van der Waals surface area contributed by atoms with E-state index in [-0.39, 0.29) is 12.4 Å². The summed E-state index contributed by atoms with van der Waals surface area (Å²) >= 11 is 0. The predicted molar refractivity (Wildman–Crippen MR) is 57.9 cm³/mol. The second kappa shape index (κ2) is 5.25. The third kappa shape index (κ3) is 2.47. The van der Waals surface area contributed by atoms with Crippen LogP contribution in [0.3, 0.4) is 0 Å². The van der Waals surface area contributed by atoms with Gasteiger partial charge in [-0.05, 0) is 18.6 Å². The molecule has 0 aliphatic heterocycles. The van der Waals surface area contributed by atoms with Crippen molar-refractivity contribution in [2.45, 2.75) is 13.5 Å². The van der Waals surface area contributed by atoms with Crippen LogP contribution in [-0.4, -0.2) is 10.2 Å². The van der Waals surface area contributed by atoms with Gasteiger partial charge in [-0.25, -0.2) is 0 Å². The fourth-order valence-corrected chi connectivity index (χ4v) is 1.19. The highest BCUT2D eigenvalue weighted by Crippen LogP contribution is 2.21. The molecule has 0 bridgehead atoms. The van der Waals surface area contributed by atoms with E-state index in [1.165, 1.54) is 0 Å². The minimum atomic E-state index is -0.151. The molecule has 1 rings (SSSR count). The topological polar surface area (TPSA) is 40.5 Å². The normalized spacial score (nSPS) is 11.6. The van der Waals surface area contributed by atoms with Crippen LogP contribution in [0.25, 0.3) is 6.08 Å². The van der Waals surface area contributed by atoms with Crippen LogP contribution >= 0.6 is 0 Å². The van der Waals surface area contributed by atoms with E-state index in [1.807, 2.05) is 37.3 Å². The molecule has 2 nitrogen and oxygen atoms in total. The Balaban J connectivity index is 3.01. The number of aromatic hydroxyl groups is 1. The second-order valence-corrected chi connectivity index (χ2v) is 2.89. The van der Waals surface area contributed by atoms with Gasteiger partial charge in [0.1, 0.15) is 5.75 Å². The number of rotatable bonds is 3. The molecule has 0 aliphatic carbocycles. The van der Waals surface area contributed by atoms with Crippen molar-refractivity contribution in [1.82, 2.24) is 0 Å². The van der Waals surface area contributed by atoms with E-state index in [0.717, 1.165) is 5.56 Å². The van der Waals surface area contributed by atoms with Gasteiger partial charge in [-0.1, -0.05) is 36.4 Å². The third-order valence-corrected chi connectivity index (χ3v) is 1.92. The monoisotopic (exact) mass is 190 g/mol. The summed E-state index contributed by atoms with van der Waals surface area (Å²) in [6.45, 7) is 1.78.